The summed E-state index contributed by atoms with van der Waals surface area (Å²) < 4.78 is 10.7. The maximum absolute atomic E-state index is 12.6. The molecule has 0 radical (unpaired) electrons. The molecule has 4 rings (SSSR count). The van der Waals surface area contributed by atoms with Crippen molar-refractivity contribution in [3.63, 3.8) is 0 Å². The highest BCUT2D eigenvalue weighted by atomic mass is 16.7. The van der Waals surface area contributed by atoms with Crippen molar-refractivity contribution >= 4 is 23.2 Å². The lowest BCUT2D eigenvalue weighted by Crippen LogP contribution is -2.28. The van der Waals surface area contributed by atoms with E-state index in [-0.39, 0.29) is 30.9 Å². The van der Waals surface area contributed by atoms with Crippen molar-refractivity contribution in [2.24, 2.45) is 5.92 Å². The molecule has 0 spiro atoms. The molecule has 26 heavy (non-hydrogen) atoms. The van der Waals surface area contributed by atoms with Gasteiger partial charge in [0, 0.05) is 30.4 Å². The molecule has 1 N–H and O–H groups in total. The highest BCUT2D eigenvalue weighted by Crippen LogP contribution is 2.37. The number of anilines is 2. The van der Waals surface area contributed by atoms with Crippen LogP contribution in [0.1, 0.15) is 17.5 Å². The van der Waals surface area contributed by atoms with E-state index in [1.165, 1.54) is 0 Å². The van der Waals surface area contributed by atoms with E-state index >= 15 is 0 Å². The van der Waals surface area contributed by atoms with E-state index in [4.69, 9.17) is 9.47 Å². The highest BCUT2D eigenvalue weighted by molar-refractivity contribution is 6.03. The van der Waals surface area contributed by atoms with Gasteiger partial charge in [0.15, 0.2) is 11.5 Å². The summed E-state index contributed by atoms with van der Waals surface area (Å²) in [7, 11) is 0. The van der Waals surface area contributed by atoms with E-state index in [2.05, 4.69) is 11.4 Å². The summed E-state index contributed by atoms with van der Waals surface area (Å²) >= 11 is 0. The second-order valence-electron chi connectivity index (χ2n) is 6.81. The fourth-order valence-electron chi connectivity index (χ4n) is 3.48. The van der Waals surface area contributed by atoms with Gasteiger partial charge in [0.2, 0.25) is 18.6 Å². The molecular weight excluding hydrogens is 332 g/mol. The third kappa shape index (κ3) is 3.10. The SMILES string of the molecule is Cc1cc(C)cc(NC(=O)C2CC(=O)N(c3ccc4c(c3)OCO4)C2)c1. The van der Waals surface area contributed by atoms with Crippen LogP contribution in [0.2, 0.25) is 0 Å². The monoisotopic (exact) mass is 352 g/mol. The number of nitrogens with zero attached hydrogens (tertiary/aromatic N) is 1. The second kappa shape index (κ2) is 6.37. The van der Waals surface area contributed by atoms with Crippen molar-refractivity contribution < 1.29 is 19.1 Å². The zero-order valence-electron chi connectivity index (χ0n) is 14.7. The van der Waals surface area contributed by atoms with E-state index in [0.29, 0.717) is 18.0 Å². The van der Waals surface area contributed by atoms with Crippen molar-refractivity contribution in [3.8, 4) is 11.5 Å². The molecule has 2 aromatic rings. The molecule has 2 aliphatic heterocycles. The van der Waals surface area contributed by atoms with Gasteiger partial charge in [-0.3, -0.25) is 9.59 Å². The molecule has 6 nitrogen and oxygen atoms in total. The maximum atomic E-state index is 12.6. The van der Waals surface area contributed by atoms with Crippen LogP contribution in [0.25, 0.3) is 0 Å². The Bertz CT molecular complexity index is 873. The van der Waals surface area contributed by atoms with E-state index in [0.717, 1.165) is 22.5 Å². The van der Waals surface area contributed by atoms with Crippen LogP contribution < -0.4 is 19.7 Å². The Labute approximate surface area is 151 Å². The molecule has 1 atom stereocenters. The Morgan fingerprint density at radius 2 is 1.81 bits per heavy atom. The van der Waals surface area contributed by atoms with Gasteiger partial charge in [0.05, 0.1) is 5.92 Å². The minimum absolute atomic E-state index is 0.0653. The standard InChI is InChI=1S/C20H20N2O4/c1-12-5-13(2)7-15(6-12)21-20(24)14-8-19(23)22(10-14)16-3-4-17-18(9-16)26-11-25-17/h3-7,9,14H,8,10-11H2,1-2H3,(H,21,24). The Morgan fingerprint density at radius 3 is 2.58 bits per heavy atom. The van der Waals surface area contributed by atoms with Crippen LogP contribution >= 0.6 is 0 Å². The predicted octanol–water partition coefficient (Wildman–Crippen LogP) is 3.02. The predicted molar refractivity (Wildman–Crippen MR) is 97.6 cm³/mol. The van der Waals surface area contributed by atoms with Crippen LogP contribution in [-0.2, 0) is 9.59 Å². The third-order valence-electron chi connectivity index (χ3n) is 4.65. The summed E-state index contributed by atoms with van der Waals surface area (Å²) in [5.74, 6) is 0.715. The van der Waals surface area contributed by atoms with Gasteiger partial charge in [0.1, 0.15) is 0 Å². The normalized spacial score (nSPS) is 18.3. The number of carbonyl (C=O) groups is 2. The number of fused-ring (bicyclic) bond motifs is 1. The van der Waals surface area contributed by atoms with Crippen molar-refractivity contribution in [3.05, 3.63) is 47.5 Å². The fraction of sp³-hybridized carbons (Fsp3) is 0.300. The van der Waals surface area contributed by atoms with E-state index in [9.17, 15) is 9.59 Å². The zero-order chi connectivity index (χ0) is 18.3. The molecule has 2 aromatic carbocycles. The van der Waals surface area contributed by atoms with Crippen LogP contribution in [0, 0.1) is 19.8 Å². The summed E-state index contributed by atoms with van der Waals surface area (Å²) in [4.78, 5) is 26.7. The number of ether oxygens (including phenoxy) is 2. The van der Waals surface area contributed by atoms with E-state index < -0.39 is 0 Å². The molecule has 2 amide bonds. The van der Waals surface area contributed by atoms with Crippen molar-refractivity contribution in [2.45, 2.75) is 20.3 Å². The minimum Gasteiger partial charge on any atom is -0.454 e. The molecule has 6 heteroatoms. The van der Waals surface area contributed by atoms with Crippen molar-refractivity contribution in [1.29, 1.82) is 0 Å². The molecular formula is C20H20N2O4. The Balaban J connectivity index is 1.48. The lowest BCUT2D eigenvalue weighted by Gasteiger charge is -2.17. The quantitative estimate of drug-likeness (QED) is 0.922. The molecule has 0 bridgehead atoms. The Hall–Kier alpha value is -3.02. The topological polar surface area (TPSA) is 67.9 Å². The van der Waals surface area contributed by atoms with Gasteiger partial charge in [-0.15, -0.1) is 0 Å². The minimum atomic E-state index is -0.381. The van der Waals surface area contributed by atoms with Gasteiger partial charge in [-0.25, -0.2) is 0 Å². The molecule has 2 heterocycles. The van der Waals surface area contributed by atoms with Crippen LogP contribution in [0.4, 0.5) is 11.4 Å². The number of carbonyl (C=O) groups excluding carboxylic acids is 2. The third-order valence-corrected chi connectivity index (χ3v) is 4.65. The number of nitrogens with one attached hydrogen (secondary N) is 1. The molecule has 0 saturated carbocycles. The van der Waals surface area contributed by atoms with Gasteiger partial charge in [-0.1, -0.05) is 6.07 Å². The molecule has 1 fully saturated rings. The van der Waals surface area contributed by atoms with E-state index in [1.807, 2.05) is 32.0 Å². The van der Waals surface area contributed by atoms with Crippen molar-refractivity contribution in [2.75, 3.05) is 23.6 Å². The zero-order valence-corrected chi connectivity index (χ0v) is 14.7. The Kier molecular flexibility index (Phi) is 4.03. The molecule has 2 aliphatic rings. The summed E-state index contributed by atoms with van der Waals surface area (Å²) in [5, 5.41) is 2.94. The fourth-order valence-corrected chi connectivity index (χ4v) is 3.48. The van der Waals surface area contributed by atoms with Gasteiger partial charge in [0.25, 0.3) is 0 Å². The Morgan fingerprint density at radius 1 is 1.08 bits per heavy atom. The summed E-state index contributed by atoms with van der Waals surface area (Å²) in [6.45, 7) is 4.52. The number of amides is 2. The van der Waals surface area contributed by atoms with Gasteiger partial charge < -0.3 is 19.7 Å². The second-order valence-corrected chi connectivity index (χ2v) is 6.81. The number of rotatable bonds is 3. The lowest BCUT2D eigenvalue weighted by atomic mass is 10.1. The summed E-state index contributed by atoms with van der Waals surface area (Å²) in [5.41, 5.74) is 3.66. The van der Waals surface area contributed by atoms with Gasteiger partial charge >= 0.3 is 0 Å². The number of aryl methyl sites for hydroxylation is 2. The first-order chi connectivity index (χ1) is 12.5. The smallest absolute Gasteiger partial charge is 0.231 e. The summed E-state index contributed by atoms with van der Waals surface area (Å²) in [6, 6.07) is 11.3. The number of hydrogen-bond acceptors (Lipinski definition) is 4. The summed E-state index contributed by atoms with van der Waals surface area (Å²) in [6.07, 6.45) is 0.199. The number of hydrogen-bond donors (Lipinski definition) is 1. The van der Waals surface area contributed by atoms with Gasteiger partial charge in [-0.2, -0.15) is 0 Å². The first-order valence-corrected chi connectivity index (χ1v) is 8.59. The van der Waals surface area contributed by atoms with Crippen LogP contribution in [0.15, 0.2) is 36.4 Å². The average Bonchev–Trinajstić information content (AvgIpc) is 3.19. The molecule has 0 aromatic heterocycles. The molecule has 134 valence electrons. The maximum Gasteiger partial charge on any atom is 0.231 e. The largest absolute Gasteiger partial charge is 0.454 e. The number of benzene rings is 2. The van der Waals surface area contributed by atoms with Crippen LogP contribution in [0.3, 0.4) is 0 Å². The van der Waals surface area contributed by atoms with Crippen LogP contribution in [0.5, 0.6) is 11.5 Å². The van der Waals surface area contributed by atoms with Crippen molar-refractivity contribution in [1.82, 2.24) is 0 Å². The molecule has 0 aliphatic carbocycles. The van der Waals surface area contributed by atoms with Gasteiger partial charge in [-0.05, 0) is 49.2 Å². The highest BCUT2D eigenvalue weighted by Gasteiger charge is 2.35. The first-order valence-electron chi connectivity index (χ1n) is 8.59. The first kappa shape index (κ1) is 16.4. The molecule has 1 saturated heterocycles. The average molecular weight is 352 g/mol. The van der Waals surface area contributed by atoms with Crippen LogP contribution in [-0.4, -0.2) is 25.2 Å². The molecule has 1 unspecified atom stereocenters. The lowest BCUT2D eigenvalue weighted by molar-refractivity contribution is -0.122. The van der Waals surface area contributed by atoms with E-state index in [1.54, 1.807) is 17.0 Å².